The van der Waals surface area contributed by atoms with E-state index in [0.717, 1.165) is 12.1 Å². The van der Waals surface area contributed by atoms with Crippen LogP contribution in [0, 0.1) is 11.6 Å². The monoisotopic (exact) mass is 473 g/mol. The standard InChI is InChI=1S/C23H15Cl2F2N3O2/c1-32-22-21(30-23(31)29-19-9-7-13(26)11-17(19)27)20(14-4-2-3-5-16(14)25)15-10-12(24)6-8-18(15)28-22/h2-11H,1H3,(H2,29,30,31). The number of ether oxygens (including phenoxy) is 1. The maximum absolute atomic E-state index is 14.0. The van der Waals surface area contributed by atoms with Crippen molar-refractivity contribution < 1.29 is 18.3 Å². The molecule has 1 heterocycles. The van der Waals surface area contributed by atoms with Crippen molar-refractivity contribution in [3.8, 4) is 17.0 Å². The van der Waals surface area contributed by atoms with Gasteiger partial charge in [-0.05, 0) is 36.4 Å². The molecule has 0 aliphatic rings. The van der Waals surface area contributed by atoms with Crippen molar-refractivity contribution in [2.45, 2.75) is 0 Å². The second-order valence-electron chi connectivity index (χ2n) is 6.72. The van der Waals surface area contributed by atoms with Gasteiger partial charge in [-0.25, -0.2) is 18.6 Å². The summed E-state index contributed by atoms with van der Waals surface area (Å²) in [5.41, 5.74) is 1.70. The maximum atomic E-state index is 14.0. The van der Waals surface area contributed by atoms with E-state index in [4.69, 9.17) is 27.9 Å². The van der Waals surface area contributed by atoms with Gasteiger partial charge in [0.2, 0.25) is 5.88 Å². The zero-order valence-corrected chi connectivity index (χ0v) is 18.1. The molecule has 0 unspecified atom stereocenters. The number of carbonyl (C=O) groups excluding carboxylic acids is 1. The zero-order valence-electron chi connectivity index (χ0n) is 16.5. The van der Waals surface area contributed by atoms with Gasteiger partial charge < -0.3 is 15.4 Å². The van der Waals surface area contributed by atoms with Crippen LogP contribution < -0.4 is 15.4 Å². The number of rotatable bonds is 4. The molecule has 0 bridgehead atoms. The summed E-state index contributed by atoms with van der Waals surface area (Å²) in [5, 5.41) is 6.52. The summed E-state index contributed by atoms with van der Waals surface area (Å²) >= 11 is 12.7. The van der Waals surface area contributed by atoms with Gasteiger partial charge in [0.1, 0.15) is 17.3 Å². The molecule has 0 fully saturated rings. The first-order valence-electron chi connectivity index (χ1n) is 9.32. The Morgan fingerprint density at radius 1 is 1.00 bits per heavy atom. The van der Waals surface area contributed by atoms with Gasteiger partial charge >= 0.3 is 6.03 Å². The lowest BCUT2D eigenvalue weighted by molar-refractivity contribution is 0.262. The Morgan fingerprint density at radius 2 is 1.78 bits per heavy atom. The molecule has 0 spiro atoms. The molecule has 2 amide bonds. The molecular formula is C23H15Cl2F2N3O2. The molecule has 0 saturated carbocycles. The Bertz CT molecular complexity index is 1350. The van der Waals surface area contributed by atoms with E-state index in [2.05, 4.69) is 15.6 Å². The number of nitrogens with one attached hydrogen (secondary N) is 2. The van der Waals surface area contributed by atoms with Gasteiger partial charge in [-0.1, -0.05) is 41.4 Å². The number of amides is 2. The Morgan fingerprint density at radius 3 is 2.50 bits per heavy atom. The number of benzene rings is 3. The fourth-order valence-corrected chi connectivity index (χ4v) is 3.68. The molecular weight excluding hydrogens is 459 g/mol. The normalized spacial score (nSPS) is 10.8. The number of anilines is 2. The van der Waals surface area contributed by atoms with Crippen LogP contribution in [0.1, 0.15) is 0 Å². The van der Waals surface area contributed by atoms with Crippen molar-refractivity contribution in [2.75, 3.05) is 17.7 Å². The highest BCUT2D eigenvalue weighted by atomic mass is 35.5. The number of urea groups is 1. The van der Waals surface area contributed by atoms with Crippen LogP contribution in [0.5, 0.6) is 5.88 Å². The summed E-state index contributed by atoms with van der Waals surface area (Å²) in [5.74, 6) is -1.56. The highest BCUT2D eigenvalue weighted by Crippen LogP contribution is 2.43. The molecule has 2 N–H and O–H groups in total. The van der Waals surface area contributed by atoms with Crippen molar-refractivity contribution >= 4 is 51.5 Å². The molecule has 3 aromatic carbocycles. The second kappa shape index (κ2) is 8.98. The zero-order chi connectivity index (χ0) is 22.8. The minimum atomic E-state index is -0.915. The number of halogens is 4. The molecule has 0 saturated heterocycles. The second-order valence-corrected chi connectivity index (χ2v) is 7.56. The summed E-state index contributed by atoms with van der Waals surface area (Å²) < 4.78 is 32.6. The molecule has 32 heavy (non-hydrogen) atoms. The third kappa shape index (κ3) is 4.30. The van der Waals surface area contributed by atoms with Crippen molar-refractivity contribution in [1.82, 2.24) is 4.98 Å². The number of hydrogen-bond acceptors (Lipinski definition) is 3. The predicted molar refractivity (Wildman–Crippen MR) is 123 cm³/mol. The quantitative estimate of drug-likeness (QED) is 0.331. The van der Waals surface area contributed by atoms with Crippen LogP contribution >= 0.6 is 23.2 Å². The summed E-state index contributed by atoms with van der Waals surface area (Å²) in [6, 6.07) is 14.2. The third-order valence-electron chi connectivity index (χ3n) is 4.67. The summed E-state index contributed by atoms with van der Waals surface area (Å²) in [7, 11) is 1.41. The van der Waals surface area contributed by atoms with Gasteiger partial charge in [0.25, 0.3) is 0 Å². The van der Waals surface area contributed by atoms with Crippen molar-refractivity contribution in [2.24, 2.45) is 0 Å². The van der Waals surface area contributed by atoms with Gasteiger partial charge in [0.15, 0.2) is 0 Å². The lowest BCUT2D eigenvalue weighted by Gasteiger charge is -2.18. The van der Waals surface area contributed by atoms with E-state index >= 15 is 0 Å². The van der Waals surface area contributed by atoms with E-state index in [1.807, 2.05) is 0 Å². The Balaban J connectivity index is 1.86. The fraction of sp³-hybridized carbons (Fsp3) is 0.0435. The highest BCUT2D eigenvalue weighted by molar-refractivity contribution is 6.34. The van der Waals surface area contributed by atoms with Crippen molar-refractivity contribution in [3.63, 3.8) is 0 Å². The maximum Gasteiger partial charge on any atom is 0.323 e. The lowest BCUT2D eigenvalue weighted by atomic mass is 9.99. The van der Waals surface area contributed by atoms with Crippen LogP contribution in [0.3, 0.4) is 0 Å². The smallest absolute Gasteiger partial charge is 0.323 e. The van der Waals surface area contributed by atoms with E-state index in [1.54, 1.807) is 42.5 Å². The SMILES string of the molecule is COc1nc2ccc(Cl)cc2c(-c2ccccc2Cl)c1NC(=O)Nc1ccc(F)cc1F. The first-order valence-corrected chi connectivity index (χ1v) is 10.1. The van der Waals surface area contributed by atoms with E-state index < -0.39 is 17.7 Å². The van der Waals surface area contributed by atoms with Crippen molar-refractivity contribution in [3.05, 3.63) is 82.3 Å². The lowest BCUT2D eigenvalue weighted by Crippen LogP contribution is -2.21. The van der Waals surface area contributed by atoms with Crippen molar-refractivity contribution in [1.29, 1.82) is 0 Å². The number of pyridine rings is 1. The first kappa shape index (κ1) is 21.8. The molecule has 0 aliphatic heterocycles. The topological polar surface area (TPSA) is 63.2 Å². The first-order chi connectivity index (χ1) is 15.4. The average molecular weight is 474 g/mol. The molecule has 4 rings (SSSR count). The Labute approximate surface area is 191 Å². The van der Waals surface area contributed by atoms with Gasteiger partial charge in [-0.2, -0.15) is 0 Å². The van der Waals surface area contributed by atoms with Crippen LogP contribution in [0.25, 0.3) is 22.0 Å². The molecule has 0 atom stereocenters. The van der Waals surface area contributed by atoms with Crippen LogP contribution in [0.4, 0.5) is 25.0 Å². The summed E-state index contributed by atoms with van der Waals surface area (Å²) in [6.07, 6.45) is 0. The highest BCUT2D eigenvalue weighted by Gasteiger charge is 2.22. The summed E-state index contributed by atoms with van der Waals surface area (Å²) in [4.78, 5) is 17.2. The molecule has 1 aromatic heterocycles. The van der Waals surface area contributed by atoms with Crippen LogP contribution in [-0.2, 0) is 0 Å². The molecule has 162 valence electrons. The number of aromatic nitrogens is 1. The van der Waals surface area contributed by atoms with E-state index in [9.17, 15) is 13.6 Å². The van der Waals surface area contributed by atoms with E-state index in [0.29, 0.717) is 38.1 Å². The molecule has 4 aromatic rings. The largest absolute Gasteiger partial charge is 0.479 e. The average Bonchev–Trinajstić information content (AvgIpc) is 2.76. The number of fused-ring (bicyclic) bond motifs is 1. The Kier molecular flexibility index (Phi) is 6.12. The Hall–Kier alpha value is -3.42. The number of nitrogens with zero attached hydrogens (tertiary/aromatic N) is 1. The van der Waals surface area contributed by atoms with Crippen LogP contribution in [0.2, 0.25) is 10.0 Å². The molecule has 0 radical (unpaired) electrons. The fourth-order valence-electron chi connectivity index (χ4n) is 3.28. The molecule has 0 aliphatic carbocycles. The minimum Gasteiger partial charge on any atom is -0.479 e. The van der Waals surface area contributed by atoms with Gasteiger partial charge in [0.05, 0.1) is 18.3 Å². The van der Waals surface area contributed by atoms with Gasteiger partial charge in [0, 0.05) is 32.6 Å². The van der Waals surface area contributed by atoms with E-state index in [1.165, 1.54) is 7.11 Å². The van der Waals surface area contributed by atoms with Crippen LogP contribution in [-0.4, -0.2) is 18.1 Å². The number of hydrogen-bond donors (Lipinski definition) is 2. The predicted octanol–water partition coefficient (Wildman–Crippen LogP) is 7.14. The molecule has 9 heteroatoms. The number of carbonyl (C=O) groups is 1. The molecule has 5 nitrogen and oxygen atoms in total. The number of methoxy groups -OCH3 is 1. The van der Waals surface area contributed by atoms with E-state index in [-0.39, 0.29) is 17.3 Å². The third-order valence-corrected chi connectivity index (χ3v) is 5.23. The van der Waals surface area contributed by atoms with Gasteiger partial charge in [-0.3, -0.25) is 0 Å². The summed E-state index contributed by atoms with van der Waals surface area (Å²) in [6.45, 7) is 0. The van der Waals surface area contributed by atoms with Gasteiger partial charge in [-0.15, -0.1) is 0 Å². The minimum absolute atomic E-state index is 0.115. The van der Waals surface area contributed by atoms with Crippen LogP contribution in [0.15, 0.2) is 60.7 Å².